The number of nitrogens with two attached hydrogens (primary N) is 1. The highest BCUT2D eigenvalue weighted by Crippen LogP contribution is 2.23. The van der Waals surface area contributed by atoms with E-state index in [2.05, 4.69) is 51.5 Å². The van der Waals surface area contributed by atoms with Gasteiger partial charge in [-0.2, -0.15) is 0 Å². The standard InChI is InChI=1S/C18H28N2O3.C13H20N2O/c1-17(2,3)23-16(21)19-14-18(22)9-11-20(12-10-18)13-15-7-5-4-6-8-15;14-11-13(16)6-8-15(9-7-13)10-12-4-2-1-3-5-12/h4-8,22H,9-14H2,1-3H3,(H,19,21);1-5,16H,6-11,14H2. The molecule has 2 aliphatic heterocycles. The molecule has 2 fully saturated rings. The van der Waals surface area contributed by atoms with Crippen LogP contribution in [0.4, 0.5) is 4.79 Å². The van der Waals surface area contributed by atoms with Crippen LogP contribution in [0.25, 0.3) is 0 Å². The number of ether oxygens (including phenoxy) is 1. The molecule has 0 bridgehead atoms. The third-order valence-electron chi connectivity index (χ3n) is 7.41. The van der Waals surface area contributed by atoms with Crippen LogP contribution in [0.3, 0.4) is 0 Å². The van der Waals surface area contributed by atoms with E-state index in [1.807, 2.05) is 45.0 Å². The summed E-state index contributed by atoms with van der Waals surface area (Å²) in [5.41, 5.74) is 6.20. The summed E-state index contributed by atoms with van der Waals surface area (Å²) in [4.78, 5) is 16.4. The lowest BCUT2D eigenvalue weighted by Gasteiger charge is -2.38. The molecule has 8 heteroatoms. The molecular formula is C31H48N4O4. The number of hydrogen-bond donors (Lipinski definition) is 4. The molecule has 0 radical (unpaired) electrons. The first-order valence-electron chi connectivity index (χ1n) is 14.1. The van der Waals surface area contributed by atoms with E-state index in [9.17, 15) is 15.0 Å². The largest absolute Gasteiger partial charge is 0.444 e. The maximum Gasteiger partial charge on any atom is 0.407 e. The number of amides is 1. The van der Waals surface area contributed by atoms with E-state index < -0.39 is 22.9 Å². The molecule has 2 aromatic rings. The van der Waals surface area contributed by atoms with E-state index in [0.717, 1.165) is 52.1 Å². The number of alkyl carbamates (subject to hydrolysis) is 1. The molecule has 0 aliphatic carbocycles. The summed E-state index contributed by atoms with van der Waals surface area (Å²) in [5, 5.41) is 23.3. The quantitative estimate of drug-likeness (QED) is 0.425. The van der Waals surface area contributed by atoms with Crippen molar-refractivity contribution < 1.29 is 19.7 Å². The Morgan fingerprint density at radius 2 is 1.23 bits per heavy atom. The second kappa shape index (κ2) is 14.2. The molecule has 5 N–H and O–H groups in total. The number of carbonyl (C=O) groups excluding carboxylic acids is 1. The first kappa shape index (κ1) is 31.0. The Kier molecular flexibility index (Phi) is 11.3. The van der Waals surface area contributed by atoms with Gasteiger partial charge < -0.3 is 26.0 Å². The number of benzene rings is 2. The van der Waals surface area contributed by atoms with Gasteiger partial charge in [-0.1, -0.05) is 60.7 Å². The van der Waals surface area contributed by atoms with Gasteiger partial charge in [-0.25, -0.2) is 4.79 Å². The molecule has 1 amide bonds. The van der Waals surface area contributed by atoms with Crippen molar-refractivity contribution in [2.24, 2.45) is 5.73 Å². The third-order valence-corrected chi connectivity index (χ3v) is 7.41. The smallest absolute Gasteiger partial charge is 0.407 e. The minimum atomic E-state index is -0.843. The lowest BCUT2D eigenvalue weighted by atomic mass is 9.91. The molecule has 8 nitrogen and oxygen atoms in total. The van der Waals surface area contributed by atoms with Gasteiger partial charge in [0.15, 0.2) is 0 Å². The summed E-state index contributed by atoms with van der Waals surface area (Å²) in [7, 11) is 0. The Morgan fingerprint density at radius 1 is 0.821 bits per heavy atom. The summed E-state index contributed by atoms with van der Waals surface area (Å²) >= 11 is 0. The van der Waals surface area contributed by atoms with Crippen LogP contribution in [-0.2, 0) is 17.8 Å². The molecule has 0 saturated carbocycles. The Hall–Kier alpha value is -2.49. The SMILES string of the molecule is CC(C)(C)OC(=O)NCC1(O)CCN(Cc2ccccc2)CC1.NCC1(O)CCN(Cc2ccccc2)CC1. The zero-order chi connectivity index (χ0) is 28.4. The molecule has 0 atom stereocenters. The fraction of sp³-hybridized carbons (Fsp3) is 0.581. The molecule has 2 saturated heterocycles. The number of aliphatic hydroxyl groups is 2. The average Bonchev–Trinajstić information content (AvgIpc) is 2.91. The van der Waals surface area contributed by atoms with Crippen molar-refractivity contribution in [3.8, 4) is 0 Å². The predicted octanol–water partition coefficient (Wildman–Crippen LogP) is 3.51. The zero-order valence-electron chi connectivity index (χ0n) is 23.9. The Bertz CT molecular complexity index is 981. The zero-order valence-corrected chi connectivity index (χ0v) is 23.9. The maximum absolute atomic E-state index is 11.7. The van der Waals surface area contributed by atoms with Gasteiger partial charge >= 0.3 is 6.09 Å². The Labute approximate surface area is 234 Å². The van der Waals surface area contributed by atoms with Crippen LogP contribution in [0, 0.1) is 0 Å². The second-order valence-corrected chi connectivity index (χ2v) is 12.0. The highest BCUT2D eigenvalue weighted by molar-refractivity contribution is 5.67. The topological polar surface area (TPSA) is 111 Å². The Morgan fingerprint density at radius 3 is 1.62 bits per heavy atom. The monoisotopic (exact) mass is 540 g/mol. The van der Waals surface area contributed by atoms with Gasteiger partial charge in [0.1, 0.15) is 5.60 Å². The van der Waals surface area contributed by atoms with E-state index in [1.54, 1.807) is 0 Å². The van der Waals surface area contributed by atoms with E-state index >= 15 is 0 Å². The number of hydrogen-bond acceptors (Lipinski definition) is 7. The van der Waals surface area contributed by atoms with E-state index in [1.165, 1.54) is 11.1 Å². The molecule has 0 aromatic heterocycles. The first-order chi connectivity index (χ1) is 18.5. The number of nitrogens with zero attached hydrogens (tertiary/aromatic N) is 2. The number of carbonyl (C=O) groups is 1. The van der Waals surface area contributed by atoms with Crippen LogP contribution >= 0.6 is 0 Å². The summed E-state index contributed by atoms with van der Waals surface area (Å²) in [6.45, 7) is 11.5. The second-order valence-electron chi connectivity index (χ2n) is 12.0. The van der Waals surface area contributed by atoms with Gasteiger partial charge in [0.25, 0.3) is 0 Å². The predicted molar refractivity (Wildman–Crippen MR) is 155 cm³/mol. The lowest BCUT2D eigenvalue weighted by molar-refractivity contribution is -0.0245. The van der Waals surface area contributed by atoms with Crippen LogP contribution in [0.5, 0.6) is 0 Å². The molecule has 4 rings (SSSR count). The fourth-order valence-corrected chi connectivity index (χ4v) is 4.87. The average molecular weight is 541 g/mol. The van der Waals surface area contributed by atoms with Crippen molar-refractivity contribution in [3.63, 3.8) is 0 Å². The van der Waals surface area contributed by atoms with Crippen LogP contribution < -0.4 is 11.1 Å². The van der Waals surface area contributed by atoms with Crippen LogP contribution in [0.1, 0.15) is 57.6 Å². The lowest BCUT2D eigenvalue weighted by Crippen LogP contribution is -2.51. The maximum atomic E-state index is 11.7. The van der Waals surface area contributed by atoms with Crippen LogP contribution in [0.2, 0.25) is 0 Å². The van der Waals surface area contributed by atoms with E-state index in [0.29, 0.717) is 19.4 Å². The minimum Gasteiger partial charge on any atom is -0.444 e. The molecule has 0 unspecified atom stereocenters. The number of piperidine rings is 2. The number of rotatable bonds is 7. The van der Waals surface area contributed by atoms with Crippen molar-refractivity contribution >= 4 is 6.09 Å². The van der Waals surface area contributed by atoms with Crippen LogP contribution in [0.15, 0.2) is 60.7 Å². The van der Waals surface area contributed by atoms with Crippen molar-refractivity contribution in [2.75, 3.05) is 39.3 Å². The number of nitrogens with one attached hydrogen (secondary N) is 1. The molecule has 2 heterocycles. The van der Waals surface area contributed by atoms with Gasteiger partial charge in [0.05, 0.1) is 11.2 Å². The van der Waals surface area contributed by atoms with E-state index in [-0.39, 0.29) is 6.54 Å². The summed E-state index contributed by atoms with van der Waals surface area (Å²) in [6, 6.07) is 20.8. The molecule has 39 heavy (non-hydrogen) atoms. The number of likely N-dealkylation sites (tertiary alicyclic amines) is 2. The van der Waals surface area contributed by atoms with Crippen molar-refractivity contribution in [2.45, 2.75) is 76.3 Å². The highest BCUT2D eigenvalue weighted by Gasteiger charge is 2.33. The molecule has 2 aromatic carbocycles. The molecule has 0 spiro atoms. The van der Waals surface area contributed by atoms with Gasteiger partial charge in [-0.3, -0.25) is 9.80 Å². The van der Waals surface area contributed by atoms with E-state index in [4.69, 9.17) is 10.5 Å². The normalized spacial score (nSPS) is 19.4. The molecule has 216 valence electrons. The van der Waals surface area contributed by atoms with Gasteiger partial charge in [0.2, 0.25) is 0 Å². The third kappa shape index (κ3) is 11.3. The molecule has 2 aliphatic rings. The van der Waals surface area contributed by atoms with Gasteiger partial charge in [-0.05, 0) is 57.6 Å². The van der Waals surface area contributed by atoms with Crippen molar-refractivity contribution in [1.82, 2.24) is 15.1 Å². The van der Waals surface area contributed by atoms with Crippen molar-refractivity contribution in [3.05, 3.63) is 71.8 Å². The van der Waals surface area contributed by atoms with Gasteiger partial charge in [-0.15, -0.1) is 0 Å². The summed E-state index contributed by atoms with van der Waals surface area (Å²) < 4.78 is 5.20. The summed E-state index contributed by atoms with van der Waals surface area (Å²) in [6.07, 6.45) is 2.40. The minimum absolute atomic E-state index is 0.237. The molecular weight excluding hydrogens is 492 g/mol. The highest BCUT2D eigenvalue weighted by atomic mass is 16.6. The van der Waals surface area contributed by atoms with Gasteiger partial charge in [0, 0.05) is 52.4 Å². The first-order valence-corrected chi connectivity index (χ1v) is 14.1. The van der Waals surface area contributed by atoms with Crippen LogP contribution in [-0.4, -0.2) is 82.2 Å². The summed E-state index contributed by atoms with van der Waals surface area (Å²) in [5.74, 6) is 0. The van der Waals surface area contributed by atoms with Crippen molar-refractivity contribution in [1.29, 1.82) is 0 Å². The fourth-order valence-electron chi connectivity index (χ4n) is 4.87. The Balaban J connectivity index is 0.000000230.